The van der Waals surface area contributed by atoms with E-state index < -0.39 is 0 Å². The van der Waals surface area contributed by atoms with Crippen molar-refractivity contribution in [1.29, 1.82) is 0 Å². The molecule has 1 aromatic rings. The highest BCUT2D eigenvalue weighted by Crippen LogP contribution is 2.25. The maximum absolute atomic E-state index is 5.80. The Labute approximate surface area is 104 Å². The third-order valence-electron chi connectivity index (χ3n) is 3.60. The molecule has 0 radical (unpaired) electrons. The number of benzene rings is 1. The molecule has 0 atom stereocenters. The Morgan fingerprint density at radius 3 is 2.71 bits per heavy atom. The van der Waals surface area contributed by atoms with E-state index in [-0.39, 0.29) is 5.60 Å². The Bertz CT molecular complexity index is 401. The van der Waals surface area contributed by atoms with Gasteiger partial charge in [0.05, 0.1) is 5.60 Å². The van der Waals surface area contributed by atoms with Gasteiger partial charge in [0, 0.05) is 32.4 Å². The van der Waals surface area contributed by atoms with Gasteiger partial charge in [-0.15, -0.1) is 0 Å². The lowest BCUT2D eigenvalue weighted by atomic mass is 10.1. The zero-order chi connectivity index (χ0) is 12.5. The molecule has 0 spiro atoms. The average Bonchev–Trinajstić information content (AvgIpc) is 2.68. The Balaban J connectivity index is 1.92. The summed E-state index contributed by atoms with van der Waals surface area (Å²) in [6.45, 7) is 7.38. The van der Waals surface area contributed by atoms with Crippen molar-refractivity contribution in [2.75, 3.05) is 19.4 Å². The van der Waals surface area contributed by atoms with Gasteiger partial charge in [0.25, 0.3) is 0 Å². The molecule has 0 unspecified atom stereocenters. The van der Waals surface area contributed by atoms with E-state index in [1.165, 1.54) is 11.1 Å². The summed E-state index contributed by atoms with van der Waals surface area (Å²) < 4.78 is 5.45. The standard InChI is InChI=1S/C14H22N2O/c1-14(2,17-3)6-7-16-9-11-4-5-13(15)8-12(11)10-16/h4-5,8H,6-7,9-10,15H2,1-3H3. The van der Waals surface area contributed by atoms with Gasteiger partial charge in [-0.05, 0) is 43.5 Å². The molecule has 94 valence electrons. The maximum Gasteiger partial charge on any atom is 0.0634 e. The first-order valence-corrected chi connectivity index (χ1v) is 6.15. The largest absolute Gasteiger partial charge is 0.399 e. The van der Waals surface area contributed by atoms with E-state index in [0.717, 1.165) is 31.7 Å². The van der Waals surface area contributed by atoms with Crippen LogP contribution >= 0.6 is 0 Å². The Kier molecular flexibility index (Phi) is 3.40. The van der Waals surface area contributed by atoms with Crippen LogP contribution in [-0.2, 0) is 17.8 Å². The summed E-state index contributed by atoms with van der Waals surface area (Å²) >= 11 is 0. The van der Waals surface area contributed by atoms with Crippen molar-refractivity contribution in [2.45, 2.75) is 39.0 Å². The molecule has 2 N–H and O–H groups in total. The normalized spacial score (nSPS) is 16.2. The molecule has 0 amide bonds. The van der Waals surface area contributed by atoms with Crippen LogP contribution in [0.5, 0.6) is 0 Å². The van der Waals surface area contributed by atoms with Crippen molar-refractivity contribution in [2.24, 2.45) is 0 Å². The Morgan fingerprint density at radius 1 is 1.29 bits per heavy atom. The van der Waals surface area contributed by atoms with Gasteiger partial charge < -0.3 is 10.5 Å². The minimum Gasteiger partial charge on any atom is -0.399 e. The van der Waals surface area contributed by atoms with Crippen LogP contribution in [0.1, 0.15) is 31.4 Å². The van der Waals surface area contributed by atoms with E-state index >= 15 is 0 Å². The topological polar surface area (TPSA) is 38.5 Å². The van der Waals surface area contributed by atoms with Gasteiger partial charge in [0.2, 0.25) is 0 Å². The molecule has 3 nitrogen and oxygen atoms in total. The third kappa shape index (κ3) is 2.99. The van der Waals surface area contributed by atoms with Gasteiger partial charge >= 0.3 is 0 Å². The molecule has 0 aromatic heterocycles. The van der Waals surface area contributed by atoms with Crippen LogP contribution in [-0.4, -0.2) is 24.2 Å². The molecule has 2 rings (SSSR count). The number of hydrogen-bond acceptors (Lipinski definition) is 3. The van der Waals surface area contributed by atoms with Crippen LogP contribution in [0.4, 0.5) is 5.69 Å². The molecular weight excluding hydrogens is 212 g/mol. The van der Waals surface area contributed by atoms with Crippen molar-refractivity contribution in [3.8, 4) is 0 Å². The number of methoxy groups -OCH3 is 1. The van der Waals surface area contributed by atoms with Crippen LogP contribution in [0.15, 0.2) is 18.2 Å². The third-order valence-corrected chi connectivity index (χ3v) is 3.60. The molecule has 3 heteroatoms. The molecule has 0 saturated carbocycles. The molecule has 1 heterocycles. The molecule has 0 bridgehead atoms. The van der Waals surface area contributed by atoms with E-state index in [4.69, 9.17) is 10.5 Å². The van der Waals surface area contributed by atoms with E-state index in [1.54, 1.807) is 7.11 Å². The highest BCUT2D eigenvalue weighted by atomic mass is 16.5. The van der Waals surface area contributed by atoms with Gasteiger partial charge in [-0.2, -0.15) is 0 Å². The number of nitrogens with two attached hydrogens (primary N) is 1. The fraction of sp³-hybridized carbons (Fsp3) is 0.571. The summed E-state index contributed by atoms with van der Waals surface area (Å²) in [5.74, 6) is 0. The SMILES string of the molecule is COC(C)(C)CCN1Cc2ccc(N)cc2C1. The molecular formula is C14H22N2O. The fourth-order valence-electron chi connectivity index (χ4n) is 2.17. The van der Waals surface area contributed by atoms with E-state index in [1.807, 2.05) is 6.07 Å². The predicted octanol–water partition coefficient (Wildman–Crippen LogP) is 2.40. The van der Waals surface area contributed by atoms with Gasteiger partial charge in [0.15, 0.2) is 0 Å². The number of nitrogens with zero attached hydrogens (tertiary/aromatic N) is 1. The number of ether oxygens (including phenoxy) is 1. The number of nitrogen functional groups attached to an aromatic ring is 1. The van der Waals surface area contributed by atoms with E-state index in [2.05, 4.69) is 30.9 Å². The summed E-state index contributed by atoms with van der Waals surface area (Å²) in [5.41, 5.74) is 9.42. The van der Waals surface area contributed by atoms with Crippen LogP contribution < -0.4 is 5.73 Å². The maximum atomic E-state index is 5.80. The summed E-state index contributed by atoms with van der Waals surface area (Å²) in [6.07, 6.45) is 1.05. The lowest BCUT2D eigenvalue weighted by molar-refractivity contribution is 0.00707. The average molecular weight is 234 g/mol. The van der Waals surface area contributed by atoms with Crippen molar-refractivity contribution < 1.29 is 4.74 Å². The van der Waals surface area contributed by atoms with Crippen molar-refractivity contribution >= 4 is 5.69 Å². The lowest BCUT2D eigenvalue weighted by Crippen LogP contribution is -2.29. The quantitative estimate of drug-likeness (QED) is 0.813. The van der Waals surface area contributed by atoms with Crippen LogP contribution in [0.25, 0.3) is 0 Å². The molecule has 0 fully saturated rings. The first kappa shape index (κ1) is 12.4. The van der Waals surface area contributed by atoms with Crippen molar-refractivity contribution in [3.63, 3.8) is 0 Å². The summed E-state index contributed by atoms with van der Waals surface area (Å²) in [4.78, 5) is 2.45. The molecule has 0 saturated heterocycles. The lowest BCUT2D eigenvalue weighted by Gasteiger charge is -2.25. The van der Waals surface area contributed by atoms with Crippen LogP contribution in [0, 0.1) is 0 Å². The molecule has 0 aliphatic carbocycles. The molecule has 1 aromatic carbocycles. The van der Waals surface area contributed by atoms with Crippen LogP contribution in [0.3, 0.4) is 0 Å². The number of rotatable bonds is 4. The second kappa shape index (κ2) is 4.67. The predicted molar refractivity (Wildman–Crippen MR) is 70.7 cm³/mol. The van der Waals surface area contributed by atoms with Crippen molar-refractivity contribution in [1.82, 2.24) is 4.90 Å². The van der Waals surface area contributed by atoms with Gasteiger partial charge in [-0.25, -0.2) is 0 Å². The first-order chi connectivity index (χ1) is 8.00. The monoisotopic (exact) mass is 234 g/mol. The minimum atomic E-state index is -0.0339. The summed E-state index contributed by atoms with van der Waals surface area (Å²) in [5, 5.41) is 0. The van der Waals surface area contributed by atoms with E-state index in [9.17, 15) is 0 Å². The summed E-state index contributed by atoms with van der Waals surface area (Å²) in [6, 6.07) is 6.23. The number of hydrogen-bond donors (Lipinski definition) is 1. The summed E-state index contributed by atoms with van der Waals surface area (Å²) in [7, 11) is 1.78. The fourth-order valence-corrected chi connectivity index (χ4v) is 2.17. The van der Waals surface area contributed by atoms with Crippen molar-refractivity contribution in [3.05, 3.63) is 29.3 Å². The van der Waals surface area contributed by atoms with Gasteiger partial charge in [0.1, 0.15) is 0 Å². The van der Waals surface area contributed by atoms with E-state index in [0.29, 0.717) is 0 Å². The molecule has 17 heavy (non-hydrogen) atoms. The first-order valence-electron chi connectivity index (χ1n) is 6.15. The second-order valence-electron chi connectivity index (χ2n) is 5.45. The second-order valence-corrected chi connectivity index (χ2v) is 5.45. The molecule has 1 aliphatic heterocycles. The number of anilines is 1. The zero-order valence-corrected chi connectivity index (χ0v) is 11.0. The van der Waals surface area contributed by atoms with Crippen LogP contribution in [0.2, 0.25) is 0 Å². The zero-order valence-electron chi connectivity index (χ0n) is 11.0. The minimum absolute atomic E-state index is 0.0339. The van der Waals surface area contributed by atoms with Gasteiger partial charge in [-0.3, -0.25) is 4.90 Å². The smallest absolute Gasteiger partial charge is 0.0634 e. The number of fused-ring (bicyclic) bond motifs is 1. The highest BCUT2D eigenvalue weighted by molar-refractivity contribution is 5.46. The van der Waals surface area contributed by atoms with Gasteiger partial charge in [-0.1, -0.05) is 6.07 Å². The highest BCUT2D eigenvalue weighted by Gasteiger charge is 2.22. The Morgan fingerprint density at radius 2 is 2.00 bits per heavy atom. The Hall–Kier alpha value is -1.06. The molecule has 1 aliphatic rings.